The highest BCUT2D eigenvalue weighted by Crippen LogP contribution is 2.13. The zero-order chi connectivity index (χ0) is 17.9. The van der Waals surface area contributed by atoms with Crippen LogP contribution in [0.2, 0.25) is 0 Å². The quantitative estimate of drug-likeness (QED) is 0.352. The molecule has 2 aromatic rings. The number of aromatic nitrogens is 1. The monoisotopic (exact) mass is 468 g/mol. The molecule has 0 spiro atoms. The minimum absolute atomic E-state index is 0. The lowest BCUT2D eigenvalue weighted by atomic mass is 10.1. The lowest BCUT2D eigenvalue weighted by molar-refractivity contribution is 0.322. The lowest BCUT2D eigenvalue weighted by Gasteiger charge is -2.18. The summed E-state index contributed by atoms with van der Waals surface area (Å²) in [6, 6.07) is 14.8. The summed E-state index contributed by atoms with van der Waals surface area (Å²) in [6.07, 6.45) is 3.83. The zero-order valence-corrected chi connectivity index (χ0v) is 18.1. The van der Waals surface area contributed by atoms with Gasteiger partial charge in [0.05, 0.1) is 6.61 Å². The molecule has 1 heterocycles. The van der Waals surface area contributed by atoms with Crippen LogP contribution >= 0.6 is 24.0 Å². The highest BCUT2D eigenvalue weighted by Gasteiger charge is 2.08. The molecular weight excluding hydrogens is 439 g/mol. The number of nitrogens with zero attached hydrogens (tertiary/aromatic N) is 2. The van der Waals surface area contributed by atoms with Crippen LogP contribution in [-0.2, 0) is 13.0 Å². The number of rotatable bonds is 8. The highest BCUT2D eigenvalue weighted by molar-refractivity contribution is 14.0. The first-order chi connectivity index (χ1) is 12.2. The van der Waals surface area contributed by atoms with Crippen LogP contribution in [0, 0.1) is 0 Å². The fourth-order valence-electron chi connectivity index (χ4n) is 2.53. The number of ether oxygens (including phenoxy) is 1. The Bertz CT molecular complexity index is 664. The van der Waals surface area contributed by atoms with Gasteiger partial charge >= 0.3 is 0 Å². The summed E-state index contributed by atoms with van der Waals surface area (Å²) in [5.41, 5.74) is 2.38. The van der Waals surface area contributed by atoms with E-state index in [1.54, 1.807) is 13.2 Å². The van der Waals surface area contributed by atoms with Gasteiger partial charge in [-0.2, -0.15) is 0 Å². The Kier molecular flexibility index (Phi) is 10.7. The third-order valence-electron chi connectivity index (χ3n) is 3.89. The summed E-state index contributed by atoms with van der Waals surface area (Å²) < 4.78 is 5.56. The van der Waals surface area contributed by atoms with E-state index in [0.717, 1.165) is 24.4 Å². The van der Waals surface area contributed by atoms with E-state index in [-0.39, 0.29) is 24.0 Å². The van der Waals surface area contributed by atoms with Crippen LogP contribution in [0.1, 0.15) is 31.4 Å². The van der Waals surface area contributed by atoms with Crippen molar-refractivity contribution in [1.82, 2.24) is 15.6 Å². The molecule has 1 aromatic carbocycles. The van der Waals surface area contributed by atoms with Gasteiger partial charge in [-0.3, -0.25) is 4.99 Å². The predicted octanol–water partition coefficient (Wildman–Crippen LogP) is 3.78. The average Bonchev–Trinajstić information content (AvgIpc) is 2.65. The number of pyridine rings is 1. The maximum atomic E-state index is 5.56. The first kappa shape index (κ1) is 22.2. The molecule has 0 aliphatic rings. The van der Waals surface area contributed by atoms with E-state index in [1.807, 2.05) is 25.1 Å². The molecule has 26 heavy (non-hydrogen) atoms. The smallest absolute Gasteiger partial charge is 0.218 e. The van der Waals surface area contributed by atoms with Gasteiger partial charge in [0.25, 0.3) is 0 Å². The molecule has 0 saturated heterocycles. The predicted molar refractivity (Wildman–Crippen MR) is 118 cm³/mol. The van der Waals surface area contributed by atoms with Crippen molar-refractivity contribution in [3.63, 3.8) is 0 Å². The van der Waals surface area contributed by atoms with Gasteiger partial charge in [0, 0.05) is 31.4 Å². The van der Waals surface area contributed by atoms with Gasteiger partial charge in [0.2, 0.25) is 5.88 Å². The number of hydrogen-bond donors (Lipinski definition) is 2. The van der Waals surface area contributed by atoms with Crippen LogP contribution < -0.4 is 15.4 Å². The minimum atomic E-state index is 0. The molecule has 2 N–H and O–H groups in total. The van der Waals surface area contributed by atoms with Gasteiger partial charge < -0.3 is 15.4 Å². The molecule has 1 aromatic heterocycles. The second kappa shape index (κ2) is 12.5. The summed E-state index contributed by atoms with van der Waals surface area (Å²) in [5.74, 6) is 1.46. The maximum absolute atomic E-state index is 5.56. The molecule has 0 aliphatic carbocycles. The number of benzene rings is 1. The number of halogens is 1. The molecule has 6 heteroatoms. The van der Waals surface area contributed by atoms with Crippen molar-refractivity contribution in [1.29, 1.82) is 0 Å². The van der Waals surface area contributed by atoms with Crippen LogP contribution in [0.5, 0.6) is 5.88 Å². The fourth-order valence-corrected chi connectivity index (χ4v) is 2.53. The molecule has 0 saturated carbocycles. The molecule has 5 nitrogen and oxygen atoms in total. The van der Waals surface area contributed by atoms with E-state index in [0.29, 0.717) is 25.1 Å². The third kappa shape index (κ3) is 7.59. The summed E-state index contributed by atoms with van der Waals surface area (Å²) >= 11 is 0. The largest absolute Gasteiger partial charge is 0.478 e. The van der Waals surface area contributed by atoms with Gasteiger partial charge in [-0.1, -0.05) is 36.4 Å². The SMILES string of the molecule is CCOc1ncccc1CNC(=NC)NC(C)CCc1ccccc1.I. The molecule has 0 aliphatic heterocycles. The summed E-state index contributed by atoms with van der Waals surface area (Å²) in [5, 5.41) is 6.77. The van der Waals surface area contributed by atoms with Crippen LogP contribution in [0.25, 0.3) is 0 Å². The van der Waals surface area contributed by atoms with Gasteiger partial charge in [-0.25, -0.2) is 4.98 Å². The highest BCUT2D eigenvalue weighted by atomic mass is 127. The van der Waals surface area contributed by atoms with E-state index < -0.39 is 0 Å². The Morgan fingerprint density at radius 1 is 1.19 bits per heavy atom. The van der Waals surface area contributed by atoms with Crippen molar-refractivity contribution >= 4 is 29.9 Å². The average molecular weight is 468 g/mol. The number of nitrogens with one attached hydrogen (secondary N) is 2. The van der Waals surface area contributed by atoms with Gasteiger partial charge in [0.15, 0.2) is 5.96 Å². The summed E-state index contributed by atoms with van der Waals surface area (Å²) in [7, 11) is 1.78. The van der Waals surface area contributed by atoms with Crippen molar-refractivity contribution in [3.8, 4) is 5.88 Å². The van der Waals surface area contributed by atoms with E-state index in [1.165, 1.54) is 5.56 Å². The molecule has 1 atom stereocenters. The van der Waals surface area contributed by atoms with Crippen molar-refractivity contribution in [2.45, 2.75) is 39.3 Å². The number of aryl methyl sites for hydroxylation is 1. The molecule has 2 rings (SSSR count). The molecule has 0 radical (unpaired) electrons. The van der Waals surface area contributed by atoms with Crippen LogP contribution in [0.3, 0.4) is 0 Å². The first-order valence-electron chi connectivity index (χ1n) is 8.80. The molecule has 0 bridgehead atoms. The number of aliphatic imine (C=N–C) groups is 1. The van der Waals surface area contributed by atoms with E-state index in [2.05, 4.69) is 51.8 Å². The third-order valence-corrected chi connectivity index (χ3v) is 3.89. The Labute approximate surface area is 173 Å². The molecule has 142 valence electrons. The Balaban J connectivity index is 0.00000338. The van der Waals surface area contributed by atoms with Gasteiger partial charge in [0.1, 0.15) is 0 Å². The first-order valence-corrected chi connectivity index (χ1v) is 8.80. The lowest BCUT2D eigenvalue weighted by Crippen LogP contribution is -2.42. The van der Waals surface area contributed by atoms with Gasteiger partial charge in [-0.15, -0.1) is 24.0 Å². The van der Waals surface area contributed by atoms with E-state index >= 15 is 0 Å². The fraction of sp³-hybridized carbons (Fsp3) is 0.400. The topological polar surface area (TPSA) is 58.5 Å². The second-order valence-corrected chi connectivity index (χ2v) is 5.90. The molecule has 0 fully saturated rings. The number of hydrogen-bond acceptors (Lipinski definition) is 3. The van der Waals surface area contributed by atoms with Crippen LogP contribution in [0.4, 0.5) is 0 Å². The Morgan fingerprint density at radius 3 is 2.65 bits per heavy atom. The van der Waals surface area contributed by atoms with Crippen molar-refractivity contribution in [2.24, 2.45) is 4.99 Å². The van der Waals surface area contributed by atoms with E-state index in [4.69, 9.17) is 4.74 Å². The Hall–Kier alpha value is -1.83. The van der Waals surface area contributed by atoms with Gasteiger partial charge in [-0.05, 0) is 38.3 Å². The maximum Gasteiger partial charge on any atom is 0.218 e. The van der Waals surface area contributed by atoms with Crippen molar-refractivity contribution in [2.75, 3.05) is 13.7 Å². The van der Waals surface area contributed by atoms with E-state index in [9.17, 15) is 0 Å². The normalized spacial score (nSPS) is 12.0. The minimum Gasteiger partial charge on any atom is -0.478 e. The zero-order valence-electron chi connectivity index (χ0n) is 15.7. The number of guanidine groups is 1. The van der Waals surface area contributed by atoms with Crippen LogP contribution in [-0.4, -0.2) is 30.6 Å². The van der Waals surface area contributed by atoms with Crippen molar-refractivity contribution < 1.29 is 4.74 Å². The standard InChI is InChI=1S/C20H28N4O.HI/c1-4-25-19-18(11-8-14-22-19)15-23-20(21-3)24-16(2)12-13-17-9-6-5-7-10-17;/h5-11,14,16H,4,12-13,15H2,1-3H3,(H2,21,23,24);1H. The molecule has 0 amide bonds. The molecular formula is C20H29IN4O. The van der Waals surface area contributed by atoms with Crippen molar-refractivity contribution in [3.05, 3.63) is 59.8 Å². The second-order valence-electron chi connectivity index (χ2n) is 5.90. The molecule has 1 unspecified atom stereocenters. The Morgan fingerprint density at radius 2 is 1.96 bits per heavy atom. The summed E-state index contributed by atoms with van der Waals surface area (Å²) in [4.78, 5) is 8.58. The van der Waals surface area contributed by atoms with Crippen LogP contribution in [0.15, 0.2) is 53.7 Å². The summed E-state index contributed by atoms with van der Waals surface area (Å²) in [6.45, 7) is 5.36.